The van der Waals surface area contributed by atoms with Crippen LogP contribution in [0, 0.1) is 0 Å². The minimum atomic E-state index is -4.83. The molecule has 0 spiro atoms. The Bertz CT molecular complexity index is 990. The van der Waals surface area contributed by atoms with Crippen LogP contribution < -0.4 is 14.8 Å². The third kappa shape index (κ3) is 7.04. The molecular formula is C18H17F3N2O6S. The molecule has 0 aliphatic heterocycles. The average molecular weight is 446 g/mol. The molecule has 2 aromatic carbocycles. The van der Waals surface area contributed by atoms with Crippen LogP contribution in [0.3, 0.4) is 0 Å². The fourth-order valence-electron chi connectivity index (χ4n) is 2.19. The molecule has 8 nitrogen and oxygen atoms in total. The van der Waals surface area contributed by atoms with E-state index in [0.29, 0.717) is 0 Å². The van der Waals surface area contributed by atoms with E-state index in [4.69, 9.17) is 4.74 Å². The summed E-state index contributed by atoms with van der Waals surface area (Å²) in [5, 5.41) is 2.34. The largest absolute Gasteiger partial charge is 0.573 e. The first-order valence-electron chi connectivity index (χ1n) is 8.42. The van der Waals surface area contributed by atoms with Crippen LogP contribution in [0.4, 0.5) is 18.9 Å². The lowest BCUT2D eigenvalue weighted by atomic mass is 10.2. The molecule has 0 heterocycles. The topological polar surface area (TPSA) is 111 Å². The molecule has 0 atom stereocenters. The van der Waals surface area contributed by atoms with E-state index in [-0.39, 0.29) is 22.7 Å². The van der Waals surface area contributed by atoms with Crippen molar-refractivity contribution in [3.63, 3.8) is 0 Å². The van der Waals surface area contributed by atoms with Crippen LogP contribution in [0.1, 0.15) is 17.3 Å². The standard InChI is InChI=1S/C18H17F3N2O6S/c1-2-22-30(26,27)15-9-3-12(4-10-15)17(25)28-11-16(24)23-13-5-7-14(8-6-13)29-18(19,20)21/h3-10,22H,2,11H2,1H3,(H,23,24). The highest BCUT2D eigenvalue weighted by Crippen LogP contribution is 2.23. The molecule has 12 heteroatoms. The van der Waals surface area contributed by atoms with E-state index in [2.05, 4.69) is 14.8 Å². The third-order valence-electron chi connectivity index (χ3n) is 3.44. The number of benzene rings is 2. The highest BCUT2D eigenvalue weighted by molar-refractivity contribution is 7.89. The van der Waals surface area contributed by atoms with Crippen molar-refractivity contribution in [1.82, 2.24) is 4.72 Å². The molecule has 0 radical (unpaired) electrons. The number of nitrogens with one attached hydrogen (secondary N) is 2. The van der Waals surface area contributed by atoms with Crippen molar-refractivity contribution in [2.75, 3.05) is 18.5 Å². The number of ether oxygens (including phenoxy) is 2. The molecular weight excluding hydrogens is 429 g/mol. The number of alkyl halides is 3. The number of halogens is 3. The van der Waals surface area contributed by atoms with Gasteiger partial charge in [0, 0.05) is 12.2 Å². The number of hydrogen-bond donors (Lipinski definition) is 2. The van der Waals surface area contributed by atoms with Gasteiger partial charge in [0.25, 0.3) is 5.91 Å². The van der Waals surface area contributed by atoms with Gasteiger partial charge in [0.15, 0.2) is 6.61 Å². The lowest BCUT2D eigenvalue weighted by molar-refractivity contribution is -0.274. The summed E-state index contributed by atoms with van der Waals surface area (Å²) in [7, 11) is -3.66. The lowest BCUT2D eigenvalue weighted by Gasteiger charge is -2.10. The molecule has 0 fully saturated rings. The molecule has 0 saturated heterocycles. The molecule has 30 heavy (non-hydrogen) atoms. The van der Waals surface area contributed by atoms with E-state index in [1.807, 2.05) is 0 Å². The second-order valence-corrected chi connectivity index (χ2v) is 7.49. The first kappa shape index (κ1) is 23.2. The number of hydrogen-bond acceptors (Lipinski definition) is 6. The SMILES string of the molecule is CCNS(=O)(=O)c1ccc(C(=O)OCC(=O)Nc2ccc(OC(F)(F)F)cc2)cc1. The van der Waals surface area contributed by atoms with Gasteiger partial charge in [-0.15, -0.1) is 13.2 Å². The minimum Gasteiger partial charge on any atom is -0.452 e. The quantitative estimate of drug-likeness (QED) is 0.604. The Morgan fingerprint density at radius 2 is 1.60 bits per heavy atom. The Hall–Kier alpha value is -3.12. The molecule has 0 aliphatic rings. The summed E-state index contributed by atoms with van der Waals surface area (Å²) < 4.78 is 70.9. The van der Waals surface area contributed by atoms with Crippen LogP contribution in [0.5, 0.6) is 5.75 Å². The molecule has 2 aromatic rings. The van der Waals surface area contributed by atoms with Crippen molar-refractivity contribution in [2.45, 2.75) is 18.2 Å². The summed E-state index contributed by atoms with van der Waals surface area (Å²) in [6.45, 7) is 1.18. The van der Waals surface area contributed by atoms with E-state index < -0.39 is 40.6 Å². The molecule has 0 aromatic heterocycles. The van der Waals surface area contributed by atoms with E-state index in [1.54, 1.807) is 6.92 Å². The number of rotatable bonds is 8. The second-order valence-electron chi connectivity index (χ2n) is 5.72. The number of carbonyl (C=O) groups excluding carboxylic acids is 2. The van der Waals surface area contributed by atoms with E-state index in [9.17, 15) is 31.2 Å². The van der Waals surface area contributed by atoms with Crippen molar-refractivity contribution < 1.29 is 40.7 Å². The first-order valence-corrected chi connectivity index (χ1v) is 9.91. The number of sulfonamides is 1. The van der Waals surface area contributed by atoms with E-state index in [0.717, 1.165) is 12.1 Å². The van der Waals surface area contributed by atoms with Crippen LogP contribution in [-0.4, -0.2) is 39.8 Å². The normalized spacial score (nSPS) is 11.6. The smallest absolute Gasteiger partial charge is 0.452 e. The maximum absolute atomic E-state index is 12.1. The lowest BCUT2D eigenvalue weighted by Crippen LogP contribution is -2.23. The molecule has 1 amide bonds. The first-order chi connectivity index (χ1) is 14.0. The molecule has 0 saturated carbocycles. The summed E-state index contributed by atoms with van der Waals surface area (Å²) in [5.74, 6) is -2.03. The Labute approximate surface area is 170 Å². The van der Waals surface area contributed by atoms with Gasteiger partial charge in [-0.25, -0.2) is 17.9 Å². The van der Waals surface area contributed by atoms with Crippen LogP contribution in [0.15, 0.2) is 53.4 Å². The second kappa shape index (κ2) is 9.59. The van der Waals surface area contributed by atoms with Crippen LogP contribution in [-0.2, 0) is 19.6 Å². The van der Waals surface area contributed by atoms with Gasteiger partial charge in [-0.05, 0) is 48.5 Å². The van der Waals surface area contributed by atoms with Crippen molar-refractivity contribution >= 4 is 27.6 Å². The summed E-state index contributed by atoms with van der Waals surface area (Å²) in [6.07, 6.45) is -4.83. The van der Waals surface area contributed by atoms with Gasteiger partial charge in [-0.1, -0.05) is 6.92 Å². The van der Waals surface area contributed by atoms with Crippen LogP contribution in [0.25, 0.3) is 0 Å². The van der Waals surface area contributed by atoms with Gasteiger partial charge in [0.05, 0.1) is 10.5 Å². The molecule has 0 unspecified atom stereocenters. The highest BCUT2D eigenvalue weighted by atomic mass is 32.2. The predicted molar refractivity (Wildman–Crippen MR) is 99.3 cm³/mol. The zero-order valence-electron chi connectivity index (χ0n) is 15.5. The van der Waals surface area contributed by atoms with Crippen molar-refractivity contribution in [2.24, 2.45) is 0 Å². The fourth-order valence-corrected chi connectivity index (χ4v) is 3.24. The van der Waals surface area contributed by atoms with Crippen molar-refractivity contribution in [3.05, 3.63) is 54.1 Å². The van der Waals surface area contributed by atoms with Crippen molar-refractivity contribution in [3.8, 4) is 5.75 Å². The van der Waals surface area contributed by atoms with Gasteiger partial charge in [-0.2, -0.15) is 0 Å². The summed E-state index contributed by atoms with van der Waals surface area (Å²) in [5.41, 5.74) is 0.204. The Kier molecular flexibility index (Phi) is 7.40. The van der Waals surface area contributed by atoms with Crippen molar-refractivity contribution in [1.29, 1.82) is 0 Å². The molecule has 2 rings (SSSR count). The number of amides is 1. The number of anilines is 1. The summed E-state index contributed by atoms with van der Waals surface area (Å²) in [4.78, 5) is 23.8. The maximum Gasteiger partial charge on any atom is 0.573 e. The highest BCUT2D eigenvalue weighted by Gasteiger charge is 2.31. The molecule has 0 aliphatic carbocycles. The average Bonchev–Trinajstić information content (AvgIpc) is 2.66. The van der Waals surface area contributed by atoms with Gasteiger partial charge < -0.3 is 14.8 Å². The van der Waals surface area contributed by atoms with Gasteiger partial charge >= 0.3 is 12.3 Å². The van der Waals surface area contributed by atoms with Crippen LogP contribution >= 0.6 is 0 Å². The maximum atomic E-state index is 12.1. The van der Waals surface area contributed by atoms with Gasteiger partial charge in [0.2, 0.25) is 10.0 Å². The zero-order valence-corrected chi connectivity index (χ0v) is 16.3. The monoisotopic (exact) mass is 446 g/mol. The Balaban J connectivity index is 1.88. The summed E-state index contributed by atoms with van der Waals surface area (Å²) in [6, 6.07) is 9.32. The van der Waals surface area contributed by atoms with Gasteiger partial charge in [0.1, 0.15) is 5.75 Å². The zero-order chi connectivity index (χ0) is 22.4. The number of esters is 1. The minimum absolute atomic E-state index is 0.0309. The van der Waals surface area contributed by atoms with Gasteiger partial charge in [-0.3, -0.25) is 4.79 Å². The predicted octanol–water partition coefficient (Wildman–Crippen LogP) is 2.68. The number of carbonyl (C=O) groups is 2. The molecule has 162 valence electrons. The fraction of sp³-hybridized carbons (Fsp3) is 0.222. The molecule has 2 N–H and O–H groups in total. The van der Waals surface area contributed by atoms with E-state index >= 15 is 0 Å². The molecule has 0 bridgehead atoms. The Morgan fingerprint density at radius 3 is 2.13 bits per heavy atom. The van der Waals surface area contributed by atoms with E-state index in [1.165, 1.54) is 36.4 Å². The summed E-state index contributed by atoms with van der Waals surface area (Å²) >= 11 is 0. The third-order valence-corrected chi connectivity index (χ3v) is 5.00. The van der Waals surface area contributed by atoms with Crippen LogP contribution in [0.2, 0.25) is 0 Å². The Morgan fingerprint density at radius 1 is 1.00 bits per heavy atom.